The van der Waals surface area contributed by atoms with Crippen LogP contribution in [0.2, 0.25) is 0 Å². The van der Waals surface area contributed by atoms with Crippen LogP contribution in [0.25, 0.3) is 0 Å². The summed E-state index contributed by atoms with van der Waals surface area (Å²) in [5.74, 6) is 0. The van der Waals surface area contributed by atoms with Gasteiger partial charge in [-0.1, -0.05) is 13.0 Å². The van der Waals surface area contributed by atoms with E-state index in [-0.39, 0.29) is 6.04 Å². The van der Waals surface area contributed by atoms with Crippen molar-refractivity contribution in [3.05, 3.63) is 46.5 Å². The van der Waals surface area contributed by atoms with E-state index in [1.807, 2.05) is 24.5 Å². The Morgan fingerprint density at radius 3 is 2.76 bits per heavy atom. The Morgan fingerprint density at radius 1 is 1.33 bits per heavy atom. The molecular formula is C16H23BrN4. The normalized spacial score (nSPS) is 12.8. The van der Waals surface area contributed by atoms with E-state index in [9.17, 15) is 0 Å². The van der Waals surface area contributed by atoms with Crippen molar-refractivity contribution in [2.45, 2.75) is 45.7 Å². The van der Waals surface area contributed by atoms with E-state index in [4.69, 9.17) is 0 Å². The van der Waals surface area contributed by atoms with Crippen molar-refractivity contribution in [1.82, 2.24) is 20.1 Å². The van der Waals surface area contributed by atoms with Crippen molar-refractivity contribution >= 4 is 15.9 Å². The molecular weight excluding hydrogens is 328 g/mol. The predicted molar refractivity (Wildman–Crippen MR) is 89.3 cm³/mol. The molecule has 0 aliphatic heterocycles. The molecule has 5 heteroatoms. The van der Waals surface area contributed by atoms with E-state index in [2.05, 4.69) is 62.8 Å². The molecule has 21 heavy (non-hydrogen) atoms. The first-order chi connectivity index (χ1) is 10.1. The Kier molecular flexibility index (Phi) is 5.94. The number of halogens is 1. The molecule has 0 saturated carbocycles. The van der Waals surface area contributed by atoms with E-state index in [1.165, 1.54) is 5.69 Å². The van der Waals surface area contributed by atoms with Crippen LogP contribution in [0.15, 0.2) is 35.1 Å². The van der Waals surface area contributed by atoms with Gasteiger partial charge >= 0.3 is 0 Å². The second-order valence-electron chi connectivity index (χ2n) is 5.39. The fourth-order valence-electron chi connectivity index (χ4n) is 2.51. The molecule has 0 radical (unpaired) electrons. The summed E-state index contributed by atoms with van der Waals surface area (Å²) in [5.41, 5.74) is 2.36. The summed E-state index contributed by atoms with van der Waals surface area (Å²) in [7, 11) is 0. The van der Waals surface area contributed by atoms with Crippen molar-refractivity contribution in [3.63, 3.8) is 0 Å². The molecule has 2 heterocycles. The molecule has 1 N–H and O–H groups in total. The third kappa shape index (κ3) is 4.14. The molecule has 2 aromatic heterocycles. The maximum absolute atomic E-state index is 4.49. The van der Waals surface area contributed by atoms with Crippen LogP contribution in [0.5, 0.6) is 0 Å². The van der Waals surface area contributed by atoms with Crippen LogP contribution in [0, 0.1) is 0 Å². The summed E-state index contributed by atoms with van der Waals surface area (Å²) in [6.07, 6.45) is 5.70. The van der Waals surface area contributed by atoms with Crippen LogP contribution in [0.3, 0.4) is 0 Å². The number of aromatic nitrogens is 3. The summed E-state index contributed by atoms with van der Waals surface area (Å²) in [6.45, 7) is 7.38. The van der Waals surface area contributed by atoms with Crippen LogP contribution in [0.1, 0.15) is 50.7 Å². The highest BCUT2D eigenvalue weighted by Crippen LogP contribution is 2.28. The van der Waals surface area contributed by atoms with Crippen LogP contribution in [-0.4, -0.2) is 21.3 Å². The zero-order valence-corrected chi connectivity index (χ0v) is 14.5. The number of nitrogens with one attached hydrogen (secondary N) is 1. The van der Waals surface area contributed by atoms with Crippen molar-refractivity contribution < 1.29 is 0 Å². The molecule has 2 aromatic rings. The van der Waals surface area contributed by atoms with Gasteiger partial charge < -0.3 is 5.32 Å². The maximum atomic E-state index is 4.49. The van der Waals surface area contributed by atoms with Gasteiger partial charge in [0, 0.05) is 17.9 Å². The van der Waals surface area contributed by atoms with Gasteiger partial charge in [-0.2, -0.15) is 5.10 Å². The molecule has 0 amide bonds. The van der Waals surface area contributed by atoms with Crippen molar-refractivity contribution in [1.29, 1.82) is 0 Å². The molecule has 1 unspecified atom stereocenters. The molecule has 1 atom stereocenters. The summed E-state index contributed by atoms with van der Waals surface area (Å²) < 4.78 is 3.17. The lowest BCUT2D eigenvalue weighted by Crippen LogP contribution is -2.25. The Labute approximate surface area is 135 Å². The van der Waals surface area contributed by atoms with Gasteiger partial charge in [0.05, 0.1) is 22.4 Å². The molecule has 0 fully saturated rings. The average Bonchev–Trinajstić information content (AvgIpc) is 2.86. The highest BCUT2D eigenvalue weighted by Gasteiger charge is 2.20. The van der Waals surface area contributed by atoms with Gasteiger partial charge in [0.15, 0.2) is 0 Å². The number of rotatable bonds is 7. The topological polar surface area (TPSA) is 42.7 Å². The first-order valence-electron chi connectivity index (χ1n) is 7.49. The lowest BCUT2D eigenvalue weighted by atomic mass is 10.1. The number of hydrogen-bond acceptors (Lipinski definition) is 3. The number of pyridine rings is 1. The molecule has 114 valence electrons. The van der Waals surface area contributed by atoms with Crippen LogP contribution in [-0.2, 0) is 6.42 Å². The molecule has 0 aromatic carbocycles. The van der Waals surface area contributed by atoms with Crippen LogP contribution >= 0.6 is 15.9 Å². The Morgan fingerprint density at radius 2 is 2.14 bits per heavy atom. The Balaban J connectivity index is 2.17. The average molecular weight is 351 g/mol. The highest BCUT2D eigenvalue weighted by atomic mass is 79.9. The molecule has 0 aliphatic carbocycles. The summed E-state index contributed by atoms with van der Waals surface area (Å²) >= 11 is 3.64. The number of aryl methyl sites for hydroxylation is 1. The monoisotopic (exact) mass is 350 g/mol. The lowest BCUT2D eigenvalue weighted by Gasteiger charge is -2.21. The second kappa shape index (κ2) is 7.71. The Bertz CT molecular complexity index is 551. The van der Waals surface area contributed by atoms with Gasteiger partial charge in [-0.3, -0.25) is 9.67 Å². The smallest absolute Gasteiger partial charge is 0.0698 e. The van der Waals surface area contributed by atoms with Crippen molar-refractivity contribution in [3.8, 4) is 0 Å². The minimum Gasteiger partial charge on any atom is -0.309 e. The van der Waals surface area contributed by atoms with Gasteiger partial charge in [-0.15, -0.1) is 0 Å². The number of hydrogen-bond donors (Lipinski definition) is 1. The predicted octanol–water partition coefficient (Wildman–Crippen LogP) is 3.90. The SMILES string of the molecule is CCNC(CCc1ccccn1)c1c(Br)cnn1C(C)C. The minimum atomic E-state index is 0.274. The summed E-state index contributed by atoms with van der Waals surface area (Å²) in [5, 5.41) is 8.06. The third-order valence-corrected chi connectivity index (χ3v) is 4.08. The first-order valence-corrected chi connectivity index (χ1v) is 8.29. The Hall–Kier alpha value is -1.20. The van der Waals surface area contributed by atoms with Gasteiger partial charge in [0.25, 0.3) is 0 Å². The lowest BCUT2D eigenvalue weighted by molar-refractivity contribution is 0.431. The molecule has 0 spiro atoms. The first kappa shape index (κ1) is 16.2. The van der Waals surface area contributed by atoms with Gasteiger partial charge in [0.2, 0.25) is 0 Å². The third-order valence-electron chi connectivity index (χ3n) is 3.47. The maximum Gasteiger partial charge on any atom is 0.0698 e. The summed E-state index contributed by atoms with van der Waals surface area (Å²) in [4.78, 5) is 4.41. The van der Waals surface area contributed by atoms with Crippen molar-refractivity contribution in [2.24, 2.45) is 0 Å². The van der Waals surface area contributed by atoms with E-state index in [0.717, 1.165) is 29.6 Å². The van der Waals surface area contributed by atoms with Crippen LogP contribution in [0.4, 0.5) is 0 Å². The zero-order valence-electron chi connectivity index (χ0n) is 12.9. The van der Waals surface area contributed by atoms with Gasteiger partial charge in [0.1, 0.15) is 0 Å². The quantitative estimate of drug-likeness (QED) is 0.823. The summed E-state index contributed by atoms with van der Waals surface area (Å²) in [6, 6.07) is 6.70. The second-order valence-corrected chi connectivity index (χ2v) is 6.24. The van der Waals surface area contributed by atoms with E-state index >= 15 is 0 Å². The van der Waals surface area contributed by atoms with Gasteiger partial charge in [-0.25, -0.2) is 0 Å². The van der Waals surface area contributed by atoms with E-state index in [0.29, 0.717) is 6.04 Å². The molecule has 2 rings (SSSR count). The fourth-order valence-corrected chi connectivity index (χ4v) is 3.06. The number of nitrogens with zero attached hydrogens (tertiary/aromatic N) is 3. The molecule has 0 aliphatic rings. The minimum absolute atomic E-state index is 0.274. The molecule has 4 nitrogen and oxygen atoms in total. The fraction of sp³-hybridized carbons (Fsp3) is 0.500. The van der Waals surface area contributed by atoms with Crippen molar-refractivity contribution in [2.75, 3.05) is 6.54 Å². The zero-order chi connectivity index (χ0) is 15.2. The van der Waals surface area contributed by atoms with Crippen LogP contribution < -0.4 is 5.32 Å². The highest BCUT2D eigenvalue weighted by molar-refractivity contribution is 9.10. The van der Waals surface area contributed by atoms with E-state index < -0.39 is 0 Å². The van der Waals surface area contributed by atoms with Gasteiger partial charge in [-0.05, 0) is 61.3 Å². The molecule has 0 bridgehead atoms. The molecule has 0 saturated heterocycles. The van der Waals surface area contributed by atoms with E-state index in [1.54, 1.807) is 0 Å². The standard InChI is InChI=1S/C16H23BrN4/c1-4-18-15(9-8-13-7-5-6-10-19-13)16-14(17)11-20-21(16)12(2)3/h5-7,10-12,15,18H,4,8-9H2,1-3H3. The largest absolute Gasteiger partial charge is 0.309 e.